The first kappa shape index (κ1) is 16.9. The lowest BCUT2D eigenvalue weighted by molar-refractivity contribution is 0.223. The van der Waals surface area contributed by atoms with Crippen molar-refractivity contribution in [1.82, 2.24) is 15.5 Å². The molecule has 0 saturated heterocycles. The van der Waals surface area contributed by atoms with E-state index in [1.807, 2.05) is 12.1 Å². The average Bonchev–Trinajstić information content (AvgIpc) is 2.46. The lowest BCUT2D eigenvalue weighted by atomic mass is 10.0. The zero-order valence-corrected chi connectivity index (χ0v) is 13.4. The summed E-state index contributed by atoms with van der Waals surface area (Å²) in [5.74, 6) is 1.26. The monoisotopic (exact) mass is 279 g/mol. The van der Waals surface area contributed by atoms with Crippen molar-refractivity contribution in [3.05, 3.63) is 17.8 Å². The van der Waals surface area contributed by atoms with Crippen LogP contribution in [0.3, 0.4) is 0 Å². The molecule has 1 unspecified atom stereocenters. The summed E-state index contributed by atoms with van der Waals surface area (Å²) in [6.45, 7) is 10.2. The highest BCUT2D eigenvalue weighted by molar-refractivity contribution is 5.11. The molecule has 1 rings (SSSR count). The first-order valence-electron chi connectivity index (χ1n) is 7.84. The summed E-state index contributed by atoms with van der Waals surface area (Å²) in [6, 6.07) is 4.35. The molecule has 0 aliphatic heterocycles. The minimum Gasteiger partial charge on any atom is -0.476 e. The van der Waals surface area contributed by atoms with Crippen molar-refractivity contribution in [2.45, 2.75) is 66.0 Å². The van der Waals surface area contributed by atoms with Gasteiger partial charge in [-0.15, -0.1) is 5.10 Å². The Hall–Kier alpha value is -1.16. The zero-order valence-electron chi connectivity index (χ0n) is 13.4. The Morgan fingerprint density at radius 2 is 2.00 bits per heavy atom. The van der Waals surface area contributed by atoms with Crippen molar-refractivity contribution in [3.63, 3.8) is 0 Å². The normalized spacial score (nSPS) is 12.7. The SMILES string of the molecule is CCCCC(CC)COc1ccc(CNC(C)C)nn1. The van der Waals surface area contributed by atoms with Crippen molar-refractivity contribution in [1.29, 1.82) is 0 Å². The van der Waals surface area contributed by atoms with Gasteiger partial charge in [-0.3, -0.25) is 0 Å². The average molecular weight is 279 g/mol. The van der Waals surface area contributed by atoms with E-state index in [-0.39, 0.29) is 0 Å². The van der Waals surface area contributed by atoms with Gasteiger partial charge in [0.25, 0.3) is 0 Å². The van der Waals surface area contributed by atoms with Gasteiger partial charge >= 0.3 is 0 Å². The van der Waals surface area contributed by atoms with Crippen LogP contribution in [0.5, 0.6) is 5.88 Å². The van der Waals surface area contributed by atoms with Crippen LogP contribution in [0, 0.1) is 5.92 Å². The number of hydrogen-bond acceptors (Lipinski definition) is 4. The largest absolute Gasteiger partial charge is 0.476 e. The molecule has 4 nitrogen and oxygen atoms in total. The second-order valence-electron chi connectivity index (χ2n) is 5.63. The molecule has 1 atom stereocenters. The maximum absolute atomic E-state index is 5.74. The van der Waals surface area contributed by atoms with Gasteiger partial charge in [0.2, 0.25) is 5.88 Å². The Labute approximate surface area is 123 Å². The first-order chi connectivity index (χ1) is 9.65. The standard InChI is InChI=1S/C16H29N3O/c1-5-7-8-14(6-2)12-20-16-10-9-15(18-19-16)11-17-13(3)4/h9-10,13-14,17H,5-8,11-12H2,1-4H3. The summed E-state index contributed by atoms with van der Waals surface area (Å²) in [5, 5.41) is 11.6. The van der Waals surface area contributed by atoms with Crippen molar-refractivity contribution >= 4 is 0 Å². The second-order valence-corrected chi connectivity index (χ2v) is 5.63. The topological polar surface area (TPSA) is 47.0 Å². The van der Waals surface area contributed by atoms with E-state index >= 15 is 0 Å². The first-order valence-corrected chi connectivity index (χ1v) is 7.84. The predicted octanol–water partition coefficient (Wildman–Crippen LogP) is 3.57. The molecule has 0 aliphatic rings. The Morgan fingerprint density at radius 3 is 2.55 bits per heavy atom. The molecule has 0 aliphatic carbocycles. The van der Waals surface area contributed by atoms with Gasteiger partial charge in [0.05, 0.1) is 12.3 Å². The second kappa shape index (κ2) is 9.70. The van der Waals surface area contributed by atoms with Crippen molar-refractivity contribution in [3.8, 4) is 5.88 Å². The third kappa shape index (κ3) is 6.85. The molecule has 20 heavy (non-hydrogen) atoms. The summed E-state index contributed by atoms with van der Waals surface area (Å²) < 4.78 is 5.74. The Morgan fingerprint density at radius 1 is 1.20 bits per heavy atom. The number of ether oxygens (including phenoxy) is 1. The molecular weight excluding hydrogens is 250 g/mol. The summed E-state index contributed by atoms with van der Waals surface area (Å²) in [5.41, 5.74) is 0.948. The molecule has 1 N–H and O–H groups in total. The molecule has 0 spiro atoms. The highest BCUT2D eigenvalue weighted by Gasteiger charge is 2.07. The predicted molar refractivity (Wildman–Crippen MR) is 82.8 cm³/mol. The molecule has 114 valence electrons. The molecule has 0 fully saturated rings. The van der Waals surface area contributed by atoms with Crippen LogP contribution < -0.4 is 10.1 Å². The molecule has 1 aromatic rings. The van der Waals surface area contributed by atoms with Gasteiger partial charge in [0.1, 0.15) is 0 Å². The minimum atomic E-state index is 0.455. The van der Waals surface area contributed by atoms with Gasteiger partial charge in [0, 0.05) is 18.7 Å². The van der Waals surface area contributed by atoms with Crippen LogP contribution >= 0.6 is 0 Å². The smallest absolute Gasteiger partial charge is 0.233 e. The van der Waals surface area contributed by atoms with E-state index in [9.17, 15) is 0 Å². The molecule has 1 aromatic heterocycles. The number of nitrogens with one attached hydrogen (secondary N) is 1. The number of nitrogens with zero attached hydrogens (tertiary/aromatic N) is 2. The van der Waals surface area contributed by atoms with Crippen molar-refractivity contribution in [2.75, 3.05) is 6.61 Å². The van der Waals surface area contributed by atoms with Crippen LogP contribution in [-0.4, -0.2) is 22.8 Å². The highest BCUT2D eigenvalue weighted by Crippen LogP contribution is 2.14. The molecule has 0 bridgehead atoms. The maximum atomic E-state index is 5.74. The fourth-order valence-corrected chi connectivity index (χ4v) is 1.93. The maximum Gasteiger partial charge on any atom is 0.233 e. The highest BCUT2D eigenvalue weighted by atomic mass is 16.5. The number of rotatable bonds is 10. The van der Waals surface area contributed by atoms with E-state index in [1.165, 1.54) is 19.3 Å². The van der Waals surface area contributed by atoms with Crippen LogP contribution in [0.15, 0.2) is 12.1 Å². The van der Waals surface area contributed by atoms with Gasteiger partial charge in [-0.2, -0.15) is 5.10 Å². The van der Waals surface area contributed by atoms with E-state index in [1.54, 1.807) is 0 Å². The number of hydrogen-bond donors (Lipinski definition) is 1. The van der Waals surface area contributed by atoms with Gasteiger partial charge in [-0.1, -0.05) is 47.0 Å². The van der Waals surface area contributed by atoms with E-state index in [0.29, 0.717) is 17.8 Å². The van der Waals surface area contributed by atoms with Crippen LogP contribution in [0.1, 0.15) is 59.1 Å². The van der Waals surface area contributed by atoms with Crippen LogP contribution in [0.2, 0.25) is 0 Å². The number of unbranched alkanes of at least 4 members (excludes halogenated alkanes) is 1. The van der Waals surface area contributed by atoms with E-state index < -0.39 is 0 Å². The van der Waals surface area contributed by atoms with Crippen molar-refractivity contribution < 1.29 is 4.74 Å². The molecular formula is C16H29N3O. The van der Waals surface area contributed by atoms with E-state index in [4.69, 9.17) is 4.74 Å². The lowest BCUT2D eigenvalue weighted by Crippen LogP contribution is -2.22. The molecule has 4 heteroatoms. The number of aromatic nitrogens is 2. The van der Waals surface area contributed by atoms with Gasteiger partial charge < -0.3 is 10.1 Å². The van der Waals surface area contributed by atoms with Crippen LogP contribution in [-0.2, 0) is 6.54 Å². The van der Waals surface area contributed by atoms with Crippen LogP contribution in [0.25, 0.3) is 0 Å². The van der Waals surface area contributed by atoms with Gasteiger partial charge in [-0.05, 0) is 18.4 Å². The molecule has 0 amide bonds. The summed E-state index contributed by atoms with van der Waals surface area (Å²) >= 11 is 0. The quantitative estimate of drug-likeness (QED) is 0.711. The molecule has 0 saturated carbocycles. The van der Waals surface area contributed by atoms with Gasteiger partial charge in [0.15, 0.2) is 0 Å². The fraction of sp³-hybridized carbons (Fsp3) is 0.750. The molecule has 0 aromatic carbocycles. The zero-order chi connectivity index (χ0) is 14.8. The fourth-order valence-electron chi connectivity index (χ4n) is 1.93. The Kier molecular flexibility index (Phi) is 8.19. The van der Waals surface area contributed by atoms with Gasteiger partial charge in [-0.25, -0.2) is 0 Å². The lowest BCUT2D eigenvalue weighted by Gasteiger charge is -2.14. The van der Waals surface area contributed by atoms with E-state index in [0.717, 1.165) is 25.3 Å². The third-order valence-electron chi connectivity index (χ3n) is 3.40. The summed E-state index contributed by atoms with van der Waals surface area (Å²) in [6.07, 6.45) is 4.90. The van der Waals surface area contributed by atoms with Crippen LogP contribution in [0.4, 0.5) is 0 Å². The summed E-state index contributed by atoms with van der Waals surface area (Å²) in [4.78, 5) is 0. The minimum absolute atomic E-state index is 0.455. The molecule has 0 radical (unpaired) electrons. The van der Waals surface area contributed by atoms with E-state index in [2.05, 4.69) is 43.2 Å². The van der Waals surface area contributed by atoms with Crippen molar-refractivity contribution in [2.24, 2.45) is 5.92 Å². The third-order valence-corrected chi connectivity index (χ3v) is 3.40. The summed E-state index contributed by atoms with van der Waals surface area (Å²) in [7, 11) is 0. The Balaban J connectivity index is 2.36. The Bertz CT molecular complexity index is 351. The molecule has 1 heterocycles.